The highest BCUT2D eigenvalue weighted by molar-refractivity contribution is 5.93. The number of carbonyl (C=O) groups is 1. The molecule has 0 spiro atoms. The second-order valence-electron chi connectivity index (χ2n) is 6.82. The molecule has 1 unspecified atom stereocenters. The van der Waals surface area contributed by atoms with Crippen LogP contribution in [0, 0.1) is 6.92 Å². The van der Waals surface area contributed by atoms with Crippen molar-refractivity contribution in [1.82, 2.24) is 35.0 Å². The van der Waals surface area contributed by atoms with Crippen LogP contribution in [0.5, 0.6) is 5.75 Å². The Hall–Kier alpha value is -3.20. The van der Waals surface area contributed by atoms with Crippen molar-refractivity contribution >= 4 is 5.91 Å². The van der Waals surface area contributed by atoms with Gasteiger partial charge in [-0.05, 0) is 24.6 Å². The first-order valence-corrected chi connectivity index (χ1v) is 9.15. The summed E-state index contributed by atoms with van der Waals surface area (Å²) in [4.78, 5) is 14.9. The molecule has 0 radical (unpaired) electrons. The van der Waals surface area contributed by atoms with Gasteiger partial charge in [0.05, 0.1) is 18.8 Å². The fourth-order valence-electron chi connectivity index (χ4n) is 3.43. The Morgan fingerprint density at radius 2 is 2.18 bits per heavy atom. The van der Waals surface area contributed by atoms with Crippen molar-refractivity contribution in [2.24, 2.45) is 7.05 Å². The van der Waals surface area contributed by atoms with E-state index in [2.05, 4.69) is 20.7 Å². The molecule has 0 bridgehead atoms. The highest BCUT2D eigenvalue weighted by Gasteiger charge is 2.29. The number of hydrogen-bond acceptors (Lipinski definition) is 6. The lowest BCUT2D eigenvalue weighted by molar-refractivity contribution is 0.0696. The van der Waals surface area contributed by atoms with Crippen LogP contribution in [0.1, 0.15) is 27.8 Å². The molecule has 1 N–H and O–H groups in total. The Bertz CT molecular complexity index is 994. The lowest BCUT2D eigenvalue weighted by atomic mass is 10.0. The average Bonchev–Trinajstić information content (AvgIpc) is 3.33. The molecule has 9 heteroatoms. The number of nitrogens with one attached hydrogen (secondary N) is 1. The van der Waals surface area contributed by atoms with E-state index in [1.54, 1.807) is 16.5 Å². The van der Waals surface area contributed by atoms with Crippen molar-refractivity contribution in [3.05, 3.63) is 53.5 Å². The minimum atomic E-state index is -0.117. The summed E-state index contributed by atoms with van der Waals surface area (Å²) in [6.07, 6.45) is 1.83. The highest BCUT2D eigenvalue weighted by atomic mass is 16.5. The Morgan fingerprint density at radius 3 is 2.93 bits per heavy atom. The van der Waals surface area contributed by atoms with Crippen LogP contribution in [0.3, 0.4) is 0 Å². The Kier molecular flexibility index (Phi) is 4.82. The third-order valence-corrected chi connectivity index (χ3v) is 4.97. The van der Waals surface area contributed by atoms with E-state index in [1.165, 1.54) is 0 Å². The van der Waals surface area contributed by atoms with Crippen molar-refractivity contribution in [2.75, 3.05) is 26.7 Å². The molecule has 146 valence electrons. The van der Waals surface area contributed by atoms with Gasteiger partial charge in [-0.25, -0.2) is 0 Å². The number of piperazine rings is 1. The van der Waals surface area contributed by atoms with Gasteiger partial charge in [0.25, 0.3) is 5.91 Å². The minimum absolute atomic E-state index is 0.0407. The van der Waals surface area contributed by atoms with Crippen LogP contribution in [-0.2, 0) is 7.05 Å². The predicted molar refractivity (Wildman–Crippen MR) is 103 cm³/mol. The second-order valence-corrected chi connectivity index (χ2v) is 6.82. The zero-order valence-electron chi connectivity index (χ0n) is 16.2. The van der Waals surface area contributed by atoms with Gasteiger partial charge in [0, 0.05) is 38.9 Å². The number of aromatic nitrogens is 5. The first-order valence-electron chi connectivity index (χ1n) is 9.15. The van der Waals surface area contributed by atoms with Crippen LogP contribution in [-0.4, -0.2) is 62.3 Å². The molecule has 1 fully saturated rings. The van der Waals surface area contributed by atoms with Crippen LogP contribution in [0.15, 0.2) is 36.5 Å². The molecule has 28 heavy (non-hydrogen) atoms. The number of aryl methyl sites for hydroxylation is 1. The first kappa shape index (κ1) is 18.2. The van der Waals surface area contributed by atoms with Crippen molar-refractivity contribution in [1.29, 1.82) is 0 Å². The van der Waals surface area contributed by atoms with Gasteiger partial charge in [0.2, 0.25) is 0 Å². The topological polar surface area (TPSA) is 90.1 Å². The van der Waals surface area contributed by atoms with E-state index in [1.807, 2.05) is 55.4 Å². The molecule has 3 aromatic rings. The third kappa shape index (κ3) is 3.36. The molecule has 1 aromatic carbocycles. The van der Waals surface area contributed by atoms with Gasteiger partial charge in [0.1, 0.15) is 5.75 Å². The van der Waals surface area contributed by atoms with Gasteiger partial charge in [-0.15, -0.1) is 5.10 Å². The van der Waals surface area contributed by atoms with Crippen LogP contribution >= 0.6 is 0 Å². The molecular weight excluding hydrogens is 358 g/mol. The van der Waals surface area contributed by atoms with Crippen molar-refractivity contribution < 1.29 is 9.53 Å². The minimum Gasteiger partial charge on any atom is -0.497 e. The lowest BCUT2D eigenvalue weighted by Crippen LogP contribution is -2.48. The summed E-state index contributed by atoms with van der Waals surface area (Å²) in [5.41, 5.74) is 2.13. The van der Waals surface area contributed by atoms with Crippen LogP contribution in [0.4, 0.5) is 0 Å². The smallest absolute Gasteiger partial charge is 0.276 e. The predicted octanol–water partition coefficient (Wildman–Crippen LogP) is 1.10. The maximum Gasteiger partial charge on any atom is 0.276 e. The van der Waals surface area contributed by atoms with Crippen LogP contribution in [0.2, 0.25) is 0 Å². The van der Waals surface area contributed by atoms with Crippen molar-refractivity contribution in [3.63, 3.8) is 0 Å². The summed E-state index contributed by atoms with van der Waals surface area (Å²) in [5, 5.41) is 16.1. The molecule has 1 amide bonds. The van der Waals surface area contributed by atoms with Gasteiger partial charge < -0.3 is 15.0 Å². The molecule has 0 aliphatic carbocycles. The van der Waals surface area contributed by atoms with Gasteiger partial charge in [0.15, 0.2) is 11.5 Å². The average molecular weight is 381 g/mol. The summed E-state index contributed by atoms with van der Waals surface area (Å²) in [5.74, 6) is 1.33. The molecule has 0 saturated carbocycles. The number of benzene rings is 1. The molecule has 9 nitrogen and oxygen atoms in total. The van der Waals surface area contributed by atoms with E-state index in [0.29, 0.717) is 36.8 Å². The fraction of sp³-hybridized carbons (Fsp3) is 0.368. The normalized spacial score (nSPS) is 17.0. The number of nitrogens with zero attached hydrogens (tertiary/aromatic N) is 6. The molecule has 3 heterocycles. The molecular formula is C19H23N7O2. The van der Waals surface area contributed by atoms with E-state index in [4.69, 9.17) is 4.74 Å². The molecule has 1 saturated heterocycles. The first-order chi connectivity index (χ1) is 13.6. The second kappa shape index (κ2) is 7.43. The zero-order chi connectivity index (χ0) is 19.7. The number of amides is 1. The summed E-state index contributed by atoms with van der Waals surface area (Å²) in [7, 11) is 3.48. The number of rotatable bonds is 4. The molecule has 1 aliphatic rings. The maximum atomic E-state index is 13.1. The molecule has 2 aromatic heterocycles. The quantitative estimate of drug-likeness (QED) is 0.728. The third-order valence-electron chi connectivity index (χ3n) is 4.97. The summed E-state index contributed by atoms with van der Waals surface area (Å²) in [6, 6.07) is 9.78. The van der Waals surface area contributed by atoms with Crippen LogP contribution < -0.4 is 10.1 Å². The molecule has 1 atom stereocenters. The fourth-order valence-corrected chi connectivity index (χ4v) is 3.43. The Balaban J connectivity index is 1.54. The Morgan fingerprint density at radius 1 is 1.32 bits per heavy atom. The van der Waals surface area contributed by atoms with Crippen molar-refractivity contribution in [2.45, 2.75) is 13.0 Å². The summed E-state index contributed by atoms with van der Waals surface area (Å²) < 4.78 is 8.59. The number of hydrogen-bond donors (Lipinski definition) is 1. The van der Waals surface area contributed by atoms with E-state index in [-0.39, 0.29) is 11.9 Å². The largest absolute Gasteiger partial charge is 0.497 e. The van der Waals surface area contributed by atoms with Crippen LogP contribution in [0.25, 0.3) is 5.82 Å². The monoisotopic (exact) mass is 381 g/mol. The number of methoxy groups -OCH3 is 1. The SMILES string of the molecule is COc1cccc(C2CN(C(=O)c3nnn(-c4ccn(C)n4)c3C)CCN2)c1. The van der Waals surface area contributed by atoms with E-state index >= 15 is 0 Å². The highest BCUT2D eigenvalue weighted by Crippen LogP contribution is 2.23. The van der Waals surface area contributed by atoms with Gasteiger partial charge in [-0.3, -0.25) is 9.48 Å². The van der Waals surface area contributed by atoms with Crippen molar-refractivity contribution in [3.8, 4) is 11.6 Å². The molecule has 4 rings (SSSR count). The van der Waals surface area contributed by atoms with Gasteiger partial charge >= 0.3 is 0 Å². The van der Waals surface area contributed by atoms with Gasteiger partial charge in [-0.2, -0.15) is 9.78 Å². The van der Waals surface area contributed by atoms with E-state index in [9.17, 15) is 4.79 Å². The van der Waals surface area contributed by atoms with Gasteiger partial charge in [-0.1, -0.05) is 17.3 Å². The number of carbonyl (C=O) groups excluding carboxylic acids is 1. The summed E-state index contributed by atoms with van der Waals surface area (Å²) >= 11 is 0. The summed E-state index contributed by atoms with van der Waals surface area (Å²) in [6.45, 7) is 3.72. The van der Waals surface area contributed by atoms with E-state index < -0.39 is 0 Å². The lowest BCUT2D eigenvalue weighted by Gasteiger charge is -2.33. The zero-order valence-corrected chi connectivity index (χ0v) is 16.2. The molecule has 1 aliphatic heterocycles. The van der Waals surface area contributed by atoms with E-state index in [0.717, 1.165) is 11.3 Å². The maximum absolute atomic E-state index is 13.1. The Labute approximate surface area is 162 Å². The number of ether oxygens (including phenoxy) is 1. The standard InChI is InChI=1S/C19H23N7O2/c1-13-18(21-23-26(13)17-7-9-24(2)22-17)19(27)25-10-8-20-16(12-25)14-5-4-6-15(11-14)28-3/h4-7,9,11,16,20H,8,10,12H2,1-3H3.